The van der Waals surface area contributed by atoms with Gasteiger partial charge in [-0.05, 0) is 19.3 Å². The van der Waals surface area contributed by atoms with Gasteiger partial charge in [-0.3, -0.25) is 0 Å². The normalized spacial score (nSPS) is 9.60. The van der Waals surface area contributed by atoms with Crippen LogP contribution in [0, 0.1) is 0 Å². The summed E-state index contributed by atoms with van der Waals surface area (Å²) in [6.45, 7) is 8.10. The molecule has 0 bridgehead atoms. The SMILES string of the molecule is CCCOC([Si])=C(OCCC)OCCC. The molecule has 87 valence electrons. The first-order chi connectivity index (χ1) is 7.26. The highest BCUT2D eigenvalue weighted by Crippen LogP contribution is 2.08. The Morgan fingerprint density at radius 1 is 0.800 bits per heavy atom. The summed E-state index contributed by atoms with van der Waals surface area (Å²) in [4.78, 5) is 0. The van der Waals surface area contributed by atoms with Crippen LogP contribution in [-0.2, 0) is 14.2 Å². The molecule has 0 fully saturated rings. The maximum Gasteiger partial charge on any atom is 0.312 e. The fraction of sp³-hybridized carbons (Fsp3) is 0.818. The van der Waals surface area contributed by atoms with E-state index in [4.69, 9.17) is 14.2 Å². The molecule has 0 aromatic rings. The summed E-state index contributed by atoms with van der Waals surface area (Å²) in [5, 5.41) is 0.554. The van der Waals surface area contributed by atoms with E-state index >= 15 is 0 Å². The second-order valence-corrected chi connectivity index (χ2v) is 3.62. The third-order valence-corrected chi connectivity index (χ3v) is 1.86. The minimum atomic E-state index is 0.462. The fourth-order valence-electron chi connectivity index (χ4n) is 0.825. The van der Waals surface area contributed by atoms with Crippen molar-refractivity contribution in [2.45, 2.75) is 40.0 Å². The monoisotopic (exact) mass is 229 g/mol. The highest BCUT2D eigenvalue weighted by atomic mass is 28.1. The molecule has 15 heavy (non-hydrogen) atoms. The van der Waals surface area contributed by atoms with Crippen molar-refractivity contribution in [2.24, 2.45) is 0 Å². The van der Waals surface area contributed by atoms with Gasteiger partial charge in [-0.25, -0.2) is 0 Å². The van der Waals surface area contributed by atoms with Gasteiger partial charge in [-0.15, -0.1) is 0 Å². The first kappa shape index (κ1) is 14.4. The lowest BCUT2D eigenvalue weighted by molar-refractivity contribution is 0.0184. The molecule has 0 saturated carbocycles. The summed E-state index contributed by atoms with van der Waals surface area (Å²) >= 11 is 0. The van der Waals surface area contributed by atoms with Crippen LogP contribution >= 0.6 is 0 Å². The van der Waals surface area contributed by atoms with Crippen molar-refractivity contribution >= 4 is 10.2 Å². The van der Waals surface area contributed by atoms with Crippen molar-refractivity contribution < 1.29 is 14.2 Å². The van der Waals surface area contributed by atoms with Crippen LogP contribution in [0.15, 0.2) is 11.3 Å². The Balaban J connectivity index is 4.14. The molecule has 0 atom stereocenters. The third-order valence-electron chi connectivity index (χ3n) is 1.51. The lowest BCUT2D eigenvalue weighted by Crippen LogP contribution is -2.07. The van der Waals surface area contributed by atoms with Crippen molar-refractivity contribution in [3.8, 4) is 0 Å². The van der Waals surface area contributed by atoms with E-state index in [1.165, 1.54) is 0 Å². The van der Waals surface area contributed by atoms with E-state index in [9.17, 15) is 0 Å². The quantitative estimate of drug-likeness (QED) is 0.449. The lowest BCUT2D eigenvalue weighted by Gasteiger charge is -2.14. The van der Waals surface area contributed by atoms with Gasteiger partial charge in [0.1, 0.15) is 15.6 Å². The van der Waals surface area contributed by atoms with Crippen LogP contribution < -0.4 is 0 Å². The van der Waals surface area contributed by atoms with Gasteiger partial charge in [0.05, 0.1) is 19.8 Å². The zero-order chi connectivity index (χ0) is 11.5. The van der Waals surface area contributed by atoms with Crippen molar-refractivity contribution in [3.63, 3.8) is 0 Å². The minimum Gasteiger partial charge on any atom is -0.497 e. The van der Waals surface area contributed by atoms with E-state index in [0.29, 0.717) is 31.1 Å². The Morgan fingerprint density at radius 2 is 1.20 bits per heavy atom. The van der Waals surface area contributed by atoms with E-state index in [0.717, 1.165) is 19.3 Å². The highest BCUT2D eigenvalue weighted by molar-refractivity contribution is 6.20. The highest BCUT2D eigenvalue weighted by Gasteiger charge is 2.06. The lowest BCUT2D eigenvalue weighted by atomic mass is 10.5. The van der Waals surface area contributed by atoms with Crippen LogP contribution in [0.5, 0.6) is 0 Å². The van der Waals surface area contributed by atoms with E-state index in [-0.39, 0.29) is 0 Å². The van der Waals surface area contributed by atoms with E-state index in [2.05, 4.69) is 31.0 Å². The molecule has 0 aromatic carbocycles. The summed E-state index contributed by atoms with van der Waals surface area (Å²) in [6.07, 6.45) is 2.86. The molecule has 0 N–H and O–H groups in total. The van der Waals surface area contributed by atoms with Crippen LogP contribution in [0.1, 0.15) is 40.0 Å². The van der Waals surface area contributed by atoms with Gasteiger partial charge in [0.2, 0.25) is 0 Å². The second-order valence-electron chi connectivity index (χ2n) is 3.16. The Hall–Kier alpha value is -0.643. The molecule has 0 rings (SSSR count). The van der Waals surface area contributed by atoms with Crippen LogP contribution in [0.2, 0.25) is 0 Å². The van der Waals surface area contributed by atoms with E-state index < -0.39 is 0 Å². The zero-order valence-corrected chi connectivity index (χ0v) is 11.0. The van der Waals surface area contributed by atoms with Gasteiger partial charge < -0.3 is 14.2 Å². The summed E-state index contributed by atoms with van der Waals surface area (Å²) in [6, 6.07) is 0. The molecule has 0 saturated heterocycles. The van der Waals surface area contributed by atoms with Gasteiger partial charge in [0.25, 0.3) is 0 Å². The van der Waals surface area contributed by atoms with Crippen molar-refractivity contribution in [2.75, 3.05) is 19.8 Å². The molecule has 3 nitrogen and oxygen atoms in total. The van der Waals surface area contributed by atoms with Crippen LogP contribution in [0.25, 0.3) is 0 Å². The second kappa shape index (κ2) is 9.89. The summed E-state index contributed by atoms with van der Waals surface area (Å²) in [7, 11) is 3.37. The molecule has 0 aliphatic carbocycles. The molecule has 0 unspecified atom stereocenters. The number of hydrogen-bond donors (Lipinski definition) is 0. The zero-order valence-electron chi connectivity index (χ0n) is 9.97. The Labute approximate surface area is 96.2 Å². The van der Waals surface area contributed by atoms with E-state index in [1.54, 1.807) is 0 Å². The van der Waals surface area contributed by atoms with Crippen LogP contribution in [0.4, 0.5) is 0 Å². The maximum atomic E-state index is 5.44. The largest absolute Gasteiger partial charge is 0.497 e. The number of ether oxygens (including phenoxy) is 3. The molecule has 4 heteroatoms. The molecule has 0 heterocycles. The Bertz CT molecular complexity index is 171. The molecule has 0 aromatic heterocycles. The first-order valence-electron chi connectivity index (χ1n) is 5.60. The van der Waals surface area contributed by atoms with E-state index in [1.807, 2.05) is 0 Å². The number of hydrogen-bond acceptors (Lipinski definition) is 3. The van der Waals surface area contributed by atoms with Gasteiger partial charge in [0.15, 0.2) is 0 Å². The predicted octanol–water partition coefficient (Wildman–Crippen LogP) is 2.56. The average molecular weight is 229 g/mol. The smallest absolute Gasteiger partial charge is 0.312 e. The van der Waals surface area contributed by atoms with Gasteiger partial charge in [-0.2, -0.15) is 0 Å². The molecular formula is C11H21O3Si. The fourth-order valence-corrected chi connectivity index (χ4v) is 1.07. The van der Waals surface area contributed by atoms with Crippen molar-refractivity contribution in [1.29, 1.82) is 0 Å². The first-order valence-corrected chi connectivity index (χ1v) is 6.10. The third kappa shape index (κ3) is 7.30. The van der Waals surface area contributed by atoms with Gasteiger partial charge in [0, 0.05) is 0 Å². The minimum absolute atomic E-state index is 0.462. The molecular weight excluding hydrogens is 208 g/mol. The molecule has 0 spiro atoms. The molecule has 0 amide bonds. The van der Waals surface area contributed by atoms with Crippen molar-refractivity contribution in [1.82, 2.24) is 0 Å². The summed E-state index contributed by atoms with van der Waals surface area (Å²) < 4.78 is 16.3. The van der Waals surface area contributed by atoms with Crippen molar-refractivity contribution in [3.05, 3.63) is 11.3 Å². The van der Waals surface area contributed by atoms with Crippen LogP contribution in [-0.4, -0.2) is 30.1 Å². The predicted molar refractivity (Wildman–Crippen MR) is 61.5 cm³/mol. The topological polar surface area (TPSA) is 27.7 Å². The summed E-state index contributed by atoms with van der Waals surface area (Å²) in [5.74, 6) is 0.462. The van der Waals surface area contributed by atoms with Crippen LogP contribution in [0.3, 0.4) is 0 Å². The Kier molecular flexibility index (Phi) is 9.47. The molecule has 3 radical (unpaired) electrons. The molecule has 0 aliphatic heterocycles. The average Bonchev–Trinajstić information content (AvgIpc) is 2.26. The number of rotatable bonds is 9. The summed E-state index contributed by atoms with van der Waals surface area (Å²) in [5.41, 5.74) is 0. The van der Waals surface area contributed by atoms with Gasteiger partial charge in [-0.1, -0.05) is 20.8 Å². The maximum absolute atomic E-state index is 5.44. The molecule has 0 aliphatic rings. The van der Waals surface area contributed by atoms with Gasteiger partial charge >= 0.3 is 5.95 Å². The Morgan fingerprint density at radius 3 is 1.60 bits per heavy atom. The standard InChI is InChI=1S/C11H21O3Si/c1-4-7-12-10(13-8-5-2)11(15)14-9-6-3/h4-9H2,1-3H3.